The second-order valence-electron chi connectivity index (χ2n) is 9.10. The van der Waals surface area contributed by atoms with Crippen LogP contribution in [0, 0.1) is 12.3 Å². The summed E-state index contributed by atoms with van der Waals surface area (Å²) in [5.41, 5.74) is 4.37. The van der Waals surface area contributed by atoms with Crippen molar-refractivity contribution in [3.05, 3.63) is 120 Å². The maximum Gasteiger partial charge on any atom is 0.260 e. The van der Waals surface area contributed by atoms with Crippen molar-refractivity contribution >= 4 is 34.2 Å². The topological polar surface area (TPSA) is 32.7 Å². The maximum absolute atomic E-state index is 13.9. The van der Waals surface area contributed by atoms with Gasteiger partial charge in [0.25, 0.3) is 5.91 Å². The third kappa shape index (κ3) is 4.17. The van der Waals surface area contributed by atoms with Crippen molar-refractivity contribution in [2.45, 2.75) is 26.7 Å². The van der Waals surface area contributed by atoms with Gasteiger partial charge in [-0.3, -0.25) is 4.79 Å². The molecule has 0 saturated heterocycles. The highest BCUT2D eigenvalue weighted by Gasteiger charge is 2.48. The molecule has 1 heterocycles. The lowest BCUT2D eigenvalue weighted by Crippen LogP contribution is -2.40. The minimum absolute atomic E-state index is 0.0286. The minimum atomic E-state index is -0.709. The number of amides is 1. The molecule has 4 aromatic rings. The molecule has 0 saturated carbocycles. The van der Waals surface area contributed by atoms with Gasteiger partial charge in [0.1, 0.15) is 0 Å². The molecule has 1 aliphatic heterocycles. The highest BCUT2D eigenvalue weighted by molar-refractivity contribution is 6.18. The molecule has 0 spiro atoms. The molecular weight excluding hydrogens is 416 g/mol. The van der Waals surface area contributed by atoms with Gasteiger partial charge in [-0.05, 0) is 66.8 Å². The van der Waals surface area contributed by atoms with E-state index in [1.165, 1.54) is 10.8 Å². The third-order valence-electron chi connectivity index (χ3n) is 6.72. The van der Waals surface area contributed by atoms with E-state index in [1.807, 2.05) is 56.3 Å². The number of hydrogen-bond acceptors (Lipinski definition) is 2. The molecule has 0 fully saturated rings. The van der Waals surface area contributed by atoms with Crippen molar-refractivity contribution in [2.24, 2.45) is 10.5 Å². The molecule has 0 bridgehead atoms. The average molecular weight is 445 g/mol. The van der Waals surface area contributed by atoms with Gasteiger partial charge < -0.3 is 0 Å². The fourth-order valence-corrected chi connectivity index (χ4v) is 4.67. The van der Waals surface area contributed by atoms with Gasteiger partial charge in [0.15, 0.2) is 0 Å². The Morgan fingerprint density at radius 3 is 2.29 bits per heavy atom. The summed E-state index contributed by atoms with van der Waals surface area (Å²) in [6.07, 6.45) is 5.45. The fraction of sp³-hybridized carbons (Fsp3) is 0.161. The van der Waals surface area contributed by atoms with Gasteiger partial charge >= 0.3 is 0 Å². The number of hydrazone groups is 1. The number of aryl methyl sites for hydroxylation is 1. The molecule has 1 aliphatic rings. The summed E-state index contributed by atoms with van der Waals surface area (Å²) in [5, 5.41) is 8.77. The highest BCUT2D eigenvalue weighted by atomic mass is 16.2. The number of fused-ring (bicyclic) bond motifs is 1. The number of carbonyl (C=O) groups is 1. The van der Waals surface area contributed by atoms with Crippen molar-refractivity contribution in [1.29, 1.82) is 0 Å². The first kappa shape index (κ1) is 21.8. The summed E-state index contributed by atoms with van der Waals surface area (Å²) >= 11 is 0. The number of nitrogens with zero attached hydrogens (tertiary/aromatic N) is 2. The Morgan fingerprint density at radius 1 is 0.824 bits per heavy atom. The maximum atomic E-state index is 13.9. The van der Waals surface area contributed by atoms with Gasteiger partial charge in [-0.1, -0.05) is 96.6 Å². The minimum Gasteiger partial charge on any atom is -0.271 e. The van der Waals surface area contributed by atoms with E-state index < -0.39 is 5.41 Å². The van der Waals surface area contributed by atoms with Crippen molar-refractivity contribution in [2.75, 3.05) is 5.01 Å². The van der Waals surface area contributed by atoms with Crippen LogP contribution in [0.2, 0.25) is 0 Å². The fourth-order valence-electron chi connectivity index (χ4n) is 4.67. The monoisotopic (exact) mass is 444 g/mol. The predicted molar refractivity (Wildman–Crippen MR) is 142 cm³/mol. The summed E-state index contributed by atoms with van der Waals surface area (Å²) in [6.45, 7) is 4.03. The van der Waals surface area contributed by atoms with Gasteiger partial charge in [0.05, 0.1) is 16.8 Å². The van der Waals surface area contributed by atoms with E-state index in [0.717, 1.165) is 28.1 Å². The second kappa shape index (κ2) is 9.11. The summed E-state index contributed by atoms with van der Waals surface area (Å²) in [7, 11) is 0. The number of carbonyl (C=O) groups excluding carboxylic acids is 1. The largest absolute Gasteiger partial charge is 0.271 e. The molecule has 0 N–H and O–H groups in total. The Hall–Kier alpha value is -3.98. The van der Waals surface area contributed by atoms with Gasteiger partial charge in [-0.15, -0.1) is 0 Å². The molecule has 1 atom stereocenters. The Balaban J connectivity index is 1.47. The number of benzene rings is 4. The van der Waals surface area contributed by atoms with Crippen molar-refractivity contribution in [3.63, 3.8) is 0 Å². The van der Waals surface area contributed by atoms with Crippen LogP contribution in [0.25, 0.3) is 16.8 Å². The molecule has 3 heteroatoms. The average Bonchev–Trinajstić information content (AvgIpc) is 3.10. The van der Waals surface area contributed by atoms with Crippen molar-refractivity contribution in [1.82, 2.24) is 0 Å². The molecular formula is C31H28N2O. The van der Waals surface area contributed by atoms with E-state index in [2.05, 4.69) is 66.7 Å². The zero-order valence-corrected chi connectivity index (χ0v) is 19.6. The molecule has 0 aromatic heterocycles. The number of hydrogen-bond donors (Lipinski definition) is 0. The van der Waals surface area contributed by atoms with Gasteiger partial charge in [0.2, 0.25) is 0 Å². The Labute approximate surface area is 201 Å². The first-order chi connectivity index (χ1) is 16.5. The smallest absolute Gasteiger partial charge is 0.260 e. The zero-order valence-electron chi connectivity index (χ0n) is 19.6. The highest BCUT2D eigenvalue weighted by Crippen LogP contribution is 2.39. The summed E-state index contributed by atoms with van der Waals surface area (Å²) in [5.74, 6) is 0.0286. The van der Waals surface area contributed by atoms with E-state index in [4.69, 9.17) is 5.10 Å². The Bertz CT molecular complexity index is 1390. The van der Waals surface area contributed by atoms with Gasteiger partial charge in [-0.25, -0.2) is 0 Å². The van der Waals surface area contributed by atoms with Gasteiger partial charge in [-0.2, -0.15) is 10.1 Å². The molecule has 0 radical (unpaired) electrons. The molecule has 4 aromatic carbocycles. The van der Waals surface area contributed by atoms with E-state index in [0.29, 0.717) is 12.8 Å². The summed E-state index contributed by atoms with van der Waals surface area (Å²) < 4.78 is 0. The van der Waals surface area contributed by atoms with Crippen LogP contribution in [0.15, 0.2) is 108 Å². The standard InChI is InChI=1S/C31H28N2O/c1-23-14-18-29(19-15-23)33-30(34)31(24(2)32-33,22-26-9-4-3-5-10-26)20-8-11-25-16-17-27-12-6-7-13-28(27)21-25/h3-19,21H,20,22H2,1-2H3/b11-8+/t31-/m1/s1. The van der Waals surface area contributed by atoms with E-state index in [9.17, 15) is 4.79 Å². The van der Waals surface area contributed by atoms with Crippen LogP contribution in [0.4, 0.5) is 5.69 Å². The van der Waals surface area contributed by atoms with Crippen LogP contribution in [-0.2, 0) is 11.2 Å². The van der Waals surface area contributed by atoms with Crippen LogP contribution < -0.4 is 5.01 Å². The van der Waals surface area contributed by atoms with E-state index in [-0.39, 0.29) is 5.91 Å². The predicted octanol–water partition coefficient (Wildman–Crippen LogP) is 7.20. The van der Waals surface area contributed by atoms with Crippen LogP contribution >= 0.6 is 0 Å². The quantitative estimate of drug-likeness (QED) is 0.309. The number of allylic oxidation sites excluding steroid dienone is 1. The lowest BCUT2D eigenvalue weighted by molar-refractivity contribution is -0.123. The lowest BCUT2D eigenvalue weighted by Gasteiger charge is -2.27. The lowest BCUT2D eigenvalue weighted by atomic mass is 9.74. The first-order valence-electron chi connectivity index (χ1n) is 11.7. The normalized spacial score (nSPS) is 18.1. The van der Waals surface area contributed by atoms with Crippen LogP contribution in [0.3, 0.4) is 0 Å². The second-order valence-corrected chi connectivity index (χ2v) is 9.10. The SMILES string of the molecule is CC1=NN(c2ccc(C)cc2)C(=O)[C@]1(C/C=C/c1ccc2ccccc2c1)Cc1ccccc1. The van der Waals surface area contributed by atoms with Crippen LogP contribution in [-0.4, -0.2) is 11.6 Å². The molecule has 3 nitrogen and oxygen atoms in total. The molecule has 0 unspecified atom stereocenters. The molecule has 168 valence electrons. The molecule has 34 heavy (non-hydrogen) atoms. The van der Waals surface area contributed by atoms with Crippen molar-refractivity contribution in [3.8, 4) is 0 Å². The van der Waals surface area contributed by atoms with E-state index in [1.54, 1.807) is 5.01 Å². The molecule has 1 amide bonds. The number of anilines is 1. The summed E-state index contributed by atoms with van der Waals surface area (Å²) in [6, 6.07) is 33.0. The third-order valence-corrected chi connectivity index (χ3v) is 6.72. The van der Waals surface area contributed by atoms with Crippen LogP contribution in [0.1, 0.15) is 30.0 Å². The first-order valence-corrected chi connectivity index (χ1v) is 11.7. The van der Waals surface area contributed by atoms with Gasteiger partial charge in [0, 0.05) is 0 Å². The van der Waals surface area contributed by atoms with Crippen LogP contribution in [0.5, 0.6) is 0 Å². The summed E-state index contributed by atoms with van der Waals surface area (Å²) in [4.78, 5) is 13.9. The zero-order chi connectivity index (χ0) is 23.5. The number of rotatable bonds is 6. The Kier molecular flexibility index (Phi) is 5.85. The van der Waals surface area contributed by atoms with E-state index >= 15 is 0 Å². The Morgan fingerprint density at radius 2 is 1.53 bits per heavy atom. The molecule has 5 rings (SSSR count). The molecule has 0 aliphatic carbocycles. The van der Waals surface area contributed by atoms with Crippen molar-refractivity contribution < 1.29 is 4.79 Å².